The Balaban J connectivity index is 1.46. The van der Waals surface area contributed by atoms with Crippen LogP contribution in [0.2, 0.25) is 0 Å². The molecule has 0 aromatic heterocycles. The van der Waals surface area contributed by atoms with Gasteiger partial charge in [-0.25, -0.2) is 0 Å². The highest BCUT2D eigenvalue weighted by Gasteiger charge is 2.23. The number of likely N-dealkylation sites (tertiary alicyclic amines) is 1. The number of carbonyl (C=O) groups excluding carboxylic acids is 2. The molecule has 1 saturated heterocycles. The molecule has 0 saturated carbocycles. The maximum atomic E-state index is 12.7. The molecule has 1 aliphatic rings. The van der Waals surface area contributed by atoms with Gasteiger partial charge in [0.15, 0.2) is 5.78 Å². The lowest BCUT2D eigenvalue weighted by atomic mass is 9.90. The Morgan fingerprint density at radius 1 is 1.10 bits per heavy atom. The molecule has 0 bridgehead atoms. The van der Waals surface area contributed by atoms with Gasteiger partial charge < -0.3 is 9.64 Å². The summed E-state index contributed by atoms with van der Waals surface area (Å²) in [6, 6.07) is 16.2. The van der Waals surface area contributed by atoms with Crippen LogP contribution in [0.15, 0.2) is 48.5 Å². The van der Waals surface area contributed by atoms with Crippen molar-refractivity contribution in [2.45, 2.75) is 38.9 Å². The number of benzene rings is 2. The van der Waals surface area contributed by atoms with Crippen LogP contribution in [0.1, 0.15) is 48.2 Å². The predicted molar refractivity (Wildman–Crippen MR) is 123 cm³/mol. The molecule has 3 rings (SSSR count). The van der Waals surface area contributed by atoms with Gasteiger partial charge in [-0.3, -0.25) is 9.59 Å². The van der Waals surface area contributed by atoms with Crippen molar-refractivity contribution in [2.75, 3.05) is 25.4 Å². The normalized spacial score (nSPS) is 14.5. The number of ketones is 1. The molecule has 1 aliphatic heterocycles. The zero-order valence-corrected chi connectivity index (χ0v) is 18.7. The van der Waals surface area contributed by atoms with Crippen LogP contribution in [-0.2, 0) is 17.0 Å². The number of ether oxygens (including phenoxy) is 1. The summed E-state index contributed by atoms with van der Waals surface area (Å²) in [5, 5.41) is 0. The molecular weight excluding hydrogens is 394 g/mol. The predicted octanol–water partition coefficient (Wildman–Crippen LogP) is 5.00. The Morgan fingerprint density at radius 3 is 2.50 bits per heavy atom. The SMILES string of the molecule is CCOc1ccc(C(C)=O)cc1CSCC(=O)N1CCC(Cc2ccccc2)CC1. The molecule has 0 aliphatic carbocycles. The Morgan fingerprint density at radius 2 is 1.83 bits per heavy atom. The van der Waals surface area contributed by atoms with Gasteiger partial charge >= 0.3 is 0 Å². The first-order valence-corrected chi connectivity index (χ1v) is 11.9. The lowest BCUT2D eigenvalue weighted by Crippen LogP contribution is -2.39. The molecule has 2 aromatic rings. The molecule has 30 heavy (non-hydrogen) atoms. The third-order valence-electron chi connectivity index (χ3n) is 5.58. The van der Waals surface area contributed by atoms with Crippen molar-refractivity contribution in [2.24, 2.45) is 5.92 Å². The number of thioether (sulfide) groups is 1. The van der Waals surface area contributed by atoms with Crippen LogP contribution in [0.4, 0.5) is 0 Å². The maximum absolute atomic E-state index is 12.7. The van der Waals surface area contributed by atoms with Crippen LogP contribution in [0.25, 0.3) is 0 Å². The smallest absolute Gasteiger partial charge is 0.232 e. The molecule has 0 radical (unpaired) electrons. The zero-order valence-electron chi connectivity index (χ0n) is 17.9. The van der Waals surface area contributed by atoms with E-state index in [1.807, 2.05) is 24.0 Å². The summed E-state index contributed by atoms with van der Waals surface area (Å²) in [6.45, 7) is 5.79. The summed E-state index contributed by atoms with van der Waals surface area (Å²) in [5.74, 6) is 2.82. The number of hydrogen-bond acceptors (Lipinski definition) is 4. The van der Waals surface area contributed by atoms with Gasteiger partial charge in [0.05, 0.1) is 12.4 Å². The number of rotatable bonds is 9. The molecule has 160 valence electrons. The van der Waals surface area contributed by atoms with Crippen molar-refractivity contribution in [3.8, 4) is 5.75 Å². The van der Waals surface area contributed by atoms with E-state index in [0.29, 0.717) is 29.6 Å². The molecule has 0 spiro atoms. The second-order valence-electron chi connectivity index (χ2n) is 7.82. The van der Waals surface area contributed by atoms with Gasteiger partial charge in [-0.2, -0.15) is 0 Å². The van der Waals surface area contributed by atoms with E-state index in [-0.39, 0.29) is 11.7 Å². The van der Waals surface area contributed by atoms with Crippen LogP contribution in [-0.4, -0.2) is 42.0 Å². The zero-order chi connectivity index (χ0) is 21.3. The van der Waals surface area contributed by atoms with Gasteiger partial charge in [-0.1, -0.05) is 30.3 Å². The van der Waals surface area contributed by atoms with E-state index in [0.717, 1.165) is 43.7 Å². The minimum absolute atomic E-state index is 0.0405. The lowest BCUT2D eigenvalue weighted by molar-refractivity contribution is -0.129. The van der Waals surface area contributed by atoms with Crippen molar-refractivity contribution in [1.29, 1.82) is 0 Å². The molecule has 5 heteroatoms. The number of hydrogen-bond donors (Lipinski definition) is 0. The third-order valence-corrected chi connectivity index (χ3v) is 6.55. The summed E-state index contributed by atoms with van der Waals surface area (Å²) in [4.78, 5) is 26.4. The lowest BCUT2D eigenvalue weighted by Gasteiger charge is -2.32. The summed E-state index contributed by atoms with van der Waals surface area (Å²) in [7, 11) is 0. The average Bonchev–Trinajstić information content (AvgIpc) is 2.76. The van der Waals surface area contributed by atoms with Crippen molar-refractivity contribution in [3.05, 3.63) is 65.2 Å². The van der Waals surface area contributed by atoms with E-state index in [4.69, 9.17) is 4.74 Å². The fraction of sp³-hybridized carbons (Fsp3) is 0.440. The van der Waals surface area contributed by atoms with Crippen molar-refractivity contribution < 1.29 is 14.3 Å². The highest BCUT2D eigenvalue weighted by atomic mass is 32.2. The number of amides is 1. The fourth-order valence-electron chi connectivity index (χ4n) is 3.88. The third kappa shape index (κ3) is 6.36. The molecule has 0 atom stereocenters. The largest absolute Gasteiger partial charge is 0.494 e. The second kappa shape index (κ2) is 11.2. The van der Waals surface area contributed by atoms with Gasteiger partial charge in [0.1, 0.15) is 5.75 Å². The van der Waals surface area contributed by atoms with E-state index >= 15 is 0 Å². The average molecular weight is 426 g/mol. The van der Waals surface area contributed by atoms with Gasteiger partial charge in [-0.15, -0.1) is 11.8 Å². The molecule has 1 fully saturated rings. The summed E-state index contributed by atoms with van der Waals surface area (Å²) < 4.78 is 5.69. The van der Waals surface area contributed by atoms with Crippen LogP contribution < -0.4 is 4.74 Å². The molecule has 0 N–H and O–H groups in total. The molecule has 2 aromatic carbocycles. The Bertz CT molecular complexity index is 845. The molecule has 4 nitrogen and oxygen atoms in total. The van der Waals surface area contributed by atoms with Crippen LogP contribution in [0, 0.1) is 5.92 Å². The number of Topliss-reactive ketones (excluding diaryl/α,β-unsaturated/α-hetero) is 1. The first-order chi connectivity index (χ1) is 14.6. The molecular formula is C25H31NO3S. The van der Waals surface area contributed by atoms with Gasteiger partial charge in [0.25, 0.3) is 0 Å². The first kappa shape index (κ1) is 22.4. The Hall–Kier alpha value is -2.27. The topological polar surface area (TPSA) is 46.6 Å². The summed E-state index contributed by atoms with van der Waals surface area (Å²) in [5.41, 5.74) is 3.04. The Kier molecular flexibility index (Phi) is 8.38. The first-order valence-electron chi connectivity index (χ1n) is 10.7. The van der Waals surface area contributed by atoms with Crippen molar-refractivity contribution >= 4 is 23.5 Å². The number of carbonyl (C=O) groups is 2. The standard InChI is InChI=1S/C25H31NO3S/c1-3-29-24-10-9-22(19(2)27)16-23(24)17-30-18-25(28)26-13-11-21(12-14-26)15-20-7-5-4-6-8-20/h4-10,16,21H,3,11-15,17-18H2,1-2H3. The number of nitrogens with zero attached hydrogens (tertiary/aromatic N) is 1. The van der Waals surface area contributed by atoms with E-state index in [1.165, 1.54) is 5.56 Å². The maximum Gasteiger partial charge on any atom is 0.232 e. The van der Waals surface area contributed by atoms with E-state index in [2.05, 4.69) is 30.3 Å². The van der Waals surface area contributed by atoms with Gasteiger partial charge in [-0.05, 0) is 62.8 Å². The minimum Gasteiger partial charge on any atom is -0.494 e. The molecule has 1 heterocycles. The van der Waals surface area contributed by atoms with E-state index in [9.17, 15) is 9.59 Å². The summed E-state index contributed by atoms with van der Waals surface area (Å²) >= 11 is 1.59. The Labute approximate surface area is 184 Å². The minimum atomic E-state index is 0.0405. The van der Waals surface area contributed by atoms with Crippen LogP contribution in [0.5, 0.6) is 5.75 Å². The van der Waals surface area contributed by atoms with E-state index in [1.54, 1.807) is 24.8 Å². The van der Waals surface area contributed by atoms with Crippen molar-refractivity contribution in [3.63, 3.8) is 0 Å². The summed E-state index contributed by atoms with van der Waals surface area (Å²) in [6.07, 6.45) is 3.24. The second-order valence-corrected chi connectivity index (χ2v) is 8.80. The van der Waals surface area contributed by atoms with E-state index < -0.39 is 0 Å². The van der Waals surface area contributed by atoms with Crippen LogP contribution >= 0.6 is 11.8 Å². The van der Waals surface area contributed by atoms with Crippen LogP contribution in [0.3, 0.4) is 0 Å². The molecule has 1 amide bonds. The fourth-order valence-corrected chi connectivity index (χ4v) is 4.79. The van der Waals surface area contributed by atoms with Gasteiger partial charge in [0.2, 0.25) is 5.91 Å². The molecule has 0 unspecified atom stereocenters. The highest BCUT2D eigenvalue weighted by Crippen LogP contribution is 2.26. The monoisotopic (exact) mass is 425 g/mol. The van der Waals surface area contributed by atoms with Gasteiger partial charge in [0, 0.05) is 30.0 Å². The quantitative estimate of drug-likeness (QED) is 0.530. The number of piperidine rings is 1. The highest BCUT2D eigenvalue weighted by molar-refractivity contribution is 7.99. The van der Waals surface area contributed by atoms with Crippen molar-refractivity contribution in [1.82, 2.24) is 4.90 Å².